The van der Waals surface area contributed by atoms with Crippen molar-refractivity contribution in [2.24, 2.45) is 0 Å². The van der Waals surface area contributed by atoms with E-state index in [2.05, 4.69) is 15.6 Å². The molecular formula is C20H18FN3O3S. The molecule has 1 amide bonds. The van der Waals surface area contributed by atoms with E-state index in [-0.39, 0.29) is 11.4 Å². The molecule has 1 heterocycles. The van der Waals surface area contributed by atoms with Crippen LogP contribution in [-0.2, 0) is 16.1 Å². The van der Waals surface area contributed by atoms with Crippen molar-refractivity contribution in [1.82, 2.24) is 4.98 Å². The third kappa shape index (κ3) is 5.37. The SMILES string of the molecule is C[C@H](OC(=O)c1csc(NCc2ccccc2)n1)C(=O)Nc1cccc(F)c1. The summed E-state index contributed by atoms with van der Waals surface area (Å²) in [7, 11) is 0. The summed E-state index contributed by atoms with van der Waals surface area (Å²) in [4.78, 5) is 28.5. The Hall–Kier alpha value is -3.26. The number of rotatable bonds is 7. The maximum atomic E-state index is 13.2. The number of anilines is 2. The summed E-state index contributed by atoms with van der Waals surface area (Å²) < 4.78 is 18.3. The van der Waals surface area contributed by atoms with Crippen LogP contribution in [-0.4, -0.2) is 23.0 Å². The molecule has 6 nitrogen and oxygen atoms in total. The molecule has 2 N–H and O–H groups in total. The minimum absolute atomic E-state index is 0.117. The quantitative estimate of drug-likeness (QED) is 0.585. The maximum absolute atomic E-state index is 13.2. The zero-order valence-corrected chi connectivity index (χ0v) is 15.8. The lowest BCUT2D eigenvalue weighted by Gasteiger charge is -2.12. The van der Waals surface area contributed by atoms with E-state index in [1.807, 2.05) is 30.3 Å². The van der Waals surface area contributed by atoms with Gasteiger partial charge in [0.1, 0.15) is 5.82 Å². The molecule has 28 heavy (non-hydrogen) atoms. The molecule has 0 saturated heterocycles. The van der Waals surface area contributed by atoms with Gasteiger partial charge in [-0.3, -0.25) is 4.79 Å². The molecule has 0 saturated carbocycles. The zero-order chi connectivity index (χ0) is 19.9. The fourth-order valence-electron chi connectivity index (χ4n) is 2.31. The maximum Gasteiger partial charge on any atom is 0.358 e. The third-order valence-electron chi connectivity index (χ3n) is 3.75. The summed E-state index contributed by atoms with van der Waals surface area (Å²) in [5.74, 6) is -1.73. The molecule has 0 unspecified atom stereocenters. The predicted molar refractivity (Wildman–Crippen MR) is 106 cm³/mol. The van der Waals surface area contributed by atoms with E-state index in [0.717, 1.165) is 5.56 Å². The Morgan fingerprint density at radius 2 is 1.96 bits per heavy atom. The molecule has 0 aliphatic heterocycles. The van der Waals surface area contributed by atoms with Gasteiger partial charge in [-0.1, -0.05) is 36.4 Å². The normalized spacial score (nSPS) is 11.5. The standard InChI is InChI=1S/C20H18FN3O3S/c1-13(18(25)23-16-9-5-8-15(21)10-16)27-19(26)17-12-28-20(24-17)22-11-14-6-3-2-4-7-14/h2-10,12-13H,11H2,1H3,(H,22,24)(H,23,25)/t13-/m0/s1. The molecule has 0 fully saturated rings. The Morgan fingerprint density at radius 3 is 2.71 bits per heavy atom. The highest BCUT2D eigenvalue weighted by molar-refractivity contribution is 7.13. The van der Waals surface area contributed by atoms with Crippen LogP contribution < -0.4 is 10.6 Å². The number of carbonyl (C=O) groups is 2. The molecule has 0 bridgehead atoms. The highest BCUT2D eigenvalue weighted by Gasteiger charge is 2.21. The first-order valence-electron chi connectivity index (χ1n) is 8.52. The average molecular weight is 399 g/mol. The highest BCUT2D eigenvalue weighted by Crippen LogP contribution is 2.18. The largest absolute Gasteiger partial charge is 0.448 e. The van der Waals surface area contributed by atoms with Gasteiger partial charge in [0, 0.05) is 17.6 Å². The van der Waals surface area contributed by atoms with Crippen molar-refractivity contribution in [2.75, 3.05) is 10.6 Å². The lowest BCUT2D eigenvalue weighted by atomic mass is 10.2. The smallest absolute Gasteiger partial charge is 0.358 e. The first-order valence-corrected chi connectivity index (χ1v) is 9.40. The van der Waals surface area contributed by atoms with Gasteiger partial charge in [0.15, 0.2) is 16.9 Å². The van der Waals surface area contributed by atoms with Crippen molar-refractivity contribution >= 4 is 34.0 Å². The van der Waals surface area contributed by atoms with Crippen LogP contribution in [0.3, 0.4) is 0 Å². The fraction of sp³-hybridized carbons (Fsp3) is 0.150. The summed E-state index contributed by atoms with van der Waals surface area (Å²) in [6, 6.07) is 15.2. The van der Waals surface area contributed by atoms with Crippen LogP contribution in [0.15, 0.2) is 60.0 Å². The highest BCUT2D eigenvalue weighted by atomic mass is 32.1. The minimum atomic E-state index is -1.06. The first kappa shape index (κ1) is 19.5. The van der Waals surface area contributed by atoms with Gasteiger partial charge in [-0.15, -0.1) is 11.3 Å². The molecule has 1 aromatic heterocycles. The molecule has 0 radical (unpaired) electrons. The first-order chi connectivity index (χ1) is 13.5. The third-order valence-corrected chi connectivity index (χ3v) is 4.55. The van der Waals surface area contributed by atoms with Crippen molar-refractivity contribution < 1.29 is 18.7 Å². The van der Waals surface area contributed by atoms with Crippen molar-refractivity contribution in [1.29, 1.82) is 0 Å². The van der Waals surface area contributed by atoms with Crippen molar-refractivity contribution in [3.05, 3.63) is 77.1 Å². The second-order valence-electron chi connectivity index (χ2n) is 5.92. The van der Waals surface area contributed by atoms with Gasteiger partial charge >= 0.3 is 5.97 Å². The van der Waals surface area contributed by atoms with Crippen molar-refractivity contribution in [3.8, 4) is 0 Å². The molecule has 2 aromatic carbocycles. The summed E-state index contributed by atoms with van der Waals surface area (Å²) in [6.07, 6.45) is -1.06. The monoisotopic (exact) mass is 399 g/mol. The van der Waals surface area contributed by atoms with Crippen molar-refractivity contribution in [3.63, 3.8) is 0 Å². The van der Waals surface area contributed by atoms with Gasteiger partial charge in [0.05, 0.1) is 0 Å². The lowest BCUT2D eigenvalue weighted by Crippen LogP contribution is -2.30. The second-order valence-corrected chi connectivity index (χ2v) is 6.78. The van der Waals surface area contributed by atoms with Crippen LogP contribution >= 0.6 is 11.3 Å². The second kappa shape index (κ2) is 9.09. The van der Waals surface area contributed by atoms with Gasteiger partial charge in [0.25, 0.3) is 5.91 Å². The Kier molecular flexibility index (Phi) is 6.33. The summed E-state index contributed by atoms with van der Waals surface area (Å²) in [5.41, 5.74) is 1.49. The molecule has 8 heteroatoms. The van der Waals surface area contributed by atoms with Crippen LogP contribution in [0.5, 0.6) is 0 Å². The Morgan fingerprint density at radius 1 is 1.18 bits per heavy atom. The average Bonchev–Trinajstić information content (AvgIpc) is 3.16. The molecule has 1 atom stereocenters. The fourth-order valence-corrected chi connectivity index (χ4v) is 2.99. The van der Waals surface area contributed by atoms with E-state index >= 15 is 0 Å². The van der Waals surface area contributed by atoms with Crippen LogP contribution in [0.2, 0.25) is 0 Å². The Labute approximate surface area is 165 Å². The molecule has 0 aliphatic rings. The van der Waals surface area contributed by atoms with E-state index in [4.69, 9.17) is 4.74 Å². The predicted octanol–water partition coefficient (Wildman–Crippen LogP) is 4.08. The number of nitrogens with one attached hydrogen (secondary N) is 2. The molecular weight excluding hydrogens is 381 g/mol. The summed E-state index contributed by atoms with van der Waals surface area (Å²) in [6.45, 7) is 2.02. The lowest BCUT2D eigenvalue weighted by molar-refractivity contribution is -0.123. The minimum Gasteiger partial charge on any atom is -0.448 e. The summed E-state index contributed by atoms with van der Waals surface area (Å²) in [5, 5.41) is 7.77. The van der Waals surface area contributed by atoms with Crippen LogP contribution in [0.1, 0.15) is 23.0 Å². The van der Waals surface area contributed by atoms with Crippen molar-refractivity contribution in [2.45, 2.75) is 19.6 Å². The van der Waals surface area contributed by atoms with Crippen LogP contribution in [0.4, 0.5) is 15.2 Å². The van der Waals surface area contributed by atoms with Crippen LogP contribution in [0.25, 0.3) is 0 Å². The number of thiazole rings is 1. The molecule has 0 aliphatic carbocycles. The number of esters is 1. The van der Waals surface area contributed by atoms with E-state index in [1.165, 1.54) is 36.5 Å². The number of aromatic nitrogens is 1. The van der Waals surface area contributed by atoms with E-state index in [9.17, 15) is 14.0 Å². The Bertz CT molecular complexity index is 962. The van der Waals surface area contributed by atoms with Gasteiger partial charge in [-0.25, -0.2) is 14.2 Å². The van der Waals surface area contributed by atoms with Crippen LogP contribution in [0, 0.1) is 5.82 Å². The number of hydrogen-bond acceptors (Lipinski definition) is 6. The Balaban J connectivity index is 1.52. The van der Waals surface area contributed by atoms with E-state index < -0.39 is 23.8 Å². The number of hydrogen-bond donors (Lipinski definition) is 2. The topological polar surface area (TPSA) is 80.3 Å². The van der Waals surface area contributed by atoms with E-state index in [0.29, 0.717) is 11.7 Å². The number of halogens is 1. The van der Waals surface area contributed by atoms with Gasteiger partial charge in [-0.05, 0) is 30.7 Å². The summed E-state index contributed by atoms with van der Waals surface area (Å²) >= 11 is 1.27. The van der Waals surface area contributed by atoms with Gasteiger partial charge in [0.2, 0.25) is 0 Å². The number of amides is 1. The number of carbonyl (C=O) groups excluding carboxylic acids is 2. The number of ether oxygens (including phenoxy) is 1. The molecule has 0 spiro atoms. The molecule has 3 aromatic rings. The van der Waals surface area contributed by atoms with Gasteiger partial charge < -0.3 is 15.4 Å². The zero-order valence-electron chi connectivity index (χ0n) is 15.0. The van der Waals surface area contributed by atoms with E-state index in [1.54, 1.807) is 11.4 Å². The molecule has 3 rings (SSSR count). The number of benzene rings is 2. The molecule has 144 valence electrons. The van der Waals surface area contributed by atoms with Gasteiger partial charge in [-0.2, -0.15) is 0 Å². The number of nitrogens with zero attached hydrogens (tertiary/aromatic N) is 1.